The number of carbonyl (C=O) groups is 1. The summed E-state index contributed by atoms with van der Waals surface area (Å²) < 4.78 is 10.7. The molecule has 0 unspecified atom stereocenters. The van der Waals surface area contributed by atoms with Crippen molar-refractivity contribution in [2.45, 2.75) is 39.2 Å². The van der Waals surface area contributed by atoms with Crippen molar-refractivity contribution >= 4 is 12.1 Å². The molecule has 2 rings (SSSR count). The summed E-state index contributed by atoms with van der Waals surface area (Å²) in [5.74, 6) is 1.72. The van der Waals surface area contributed by atoms with Crippen LogP contribution in [0.4, 0.5) is 4.79 Å². The molecular weight excluding hydrogens is 332 g/mol. The van der Waals surface area contributed by atoms with Crippen LogP contribution in [0, 0.1) is 0 Å². The number of guanidine groups is 1. The van der Waals surface area contributed by atoms with Crippen LogP contribution in [-0.2, 0) is 17.6 Å². The van der Waals surface area contributed by atoms with Crippen molar-refractivity contribution in [3.8, 4) is 5.75 Å². The highest BCUT2D eigenvalue weighted by molar-refractivity contribution is 5.79. The predicted octanol–water partition coefficient (Wildman–Crippen LogP) is 1.85. The van der Waals surface area contributed by atoms with E-state index in [1.807, 2.05) is 26.8 Å². The first-order valence-corrected chi connectivity index (χ1v) is 9.03. The van der Waals surface area contributed by atoms with Crippen molar-refractivity contribution in [1.82, 2.24) is 16.0 Å². The van der Waals surface area contributed by atoms with Gasteiger partial charge in [0.05, 0.1) is 6.61 Å². The van der Waals surface area contributed by atoms with E-state index in [-0.39, 0.29) is 0 Å². The van der Waals surface area contributed by atoms with Gasteiger partial charge in [0.15, 0.2) is 5.96 Å². The van der Waals surface area contributed by atoms with Crippen LogP contribution in [0.2, 0.25) is 0 Å². The second kappa shape index (κ2) is 9.31. The van der Waals surface area contributed by atoms with Crippen LogP contribution < -0.4 is 20.7 Å². The van der Waals surface area contributed by atoms with E-state index >= 15 is 0 Å². The maximum absolute atomic E-state index is 11.6. The first-order valence-electron chi connectivity index (χ1n) is 9.03. The highest BCUT2D eigenvalue weighted by Gasteiger charge is 2.15. The van der Waals surface area contributed by atoms with Crippen LogP contribution in [0.1, 0.15) is 31.9 Å². The van der Waals surface area contributed by atoms with E-state index in [9.17, 15) is 4.79 Å². The third kappa shape index (κ3) is 6.82. The third-order valence-electron chi connectivity index (χ3n) is 3.77. The standard InChI is InChI=1S/C19H30N4O3/c1-19(2,3)26-18(24)23-11-10-22-17(20-4)21-9-7-14-5-6-16-15(13-14)8-12-25-16/h5-6,13H,7-12H2,1-4H3,(H,23,24)(H2,20,21,22). The van der Waals surface area contributed by atoms with E-state index in [0.29, 0.717) is 19.0 Å². The zero-order valence-corrected chi connectivity index (χ0v) is 16.1. The molecule has 7 nitrogen and oxygen atoms in total. The number of hydrogen-bond acceptors (Lipinski definition) is 4. The SMILES string of the molecule is CN=C(NCCNC(=O)OC(C)(C)C)NCCc1ccc2c(c1)CCO2. The number of rotatable bonds is 6. The smallest absolute Gasteiger partial charge is 0.407 e. The molecule has 0 fully saturated rings. The molecule has 0 spiro atoms. The van der Waals surface area contributed by atoms with E-state index in [1.165, 1.54) is 11.1 Å². The van der Waals surface area contributed by atoms with Crippen LogP contribution in [-0.4, -0.2) is 50.9 Å². The van der Waals surface area contributed by atoms with Gasteiger partial charge in [-0.2, -0.15) is 0 Å². The molecule has 0 aromatic heterocycles. The number of ether oxygens (including phenoxy) is 2. The number of amides is 1. The maximum Gasteiger partial charge on any atom is 0.407 e. The molecule has 0 saturated heterocycles. The number of carbonyl (C=O) groups excluding carboxylic acids is 1. The summed E-state index contributed by atoms with van der Waals surface area (Å²) in [5, 5.41) is 9.15. The number of alkyl carbamates (subject to hydrolysis) is 1. The molecule has 7 heteroatoms. The van der Waals surface area contributed by atoms with Crippen molar-refractivity contribution in [3.05, 3.63) is 29.3 Å². The zero-order valence-electron chi connectivity index (χ0n) is 16.1. The Labute approximate surface area is 155 Å². The molecule has 144 valence electrons. The lowest BCUT2D eigenvalue weighted by Gasteiger charge is -2.20. The molecule has 1 aliphatic heterocycles. The molecule has 1 heterocycles. The molecule has 0 radical (unpaired) electrons. The summed E-state index contributed by atoms with van der Waals surface area (Å²) in [4.78, 5) is 15.8. The lowest BCUT2D eigenvalue weighted by Crippen LogP contribution is -2.43. The fourth-order valence-electron chi connectivity index (χ4n) is 2.60. The lowest BCUT2D eigenvalue weighted by atomic mass is 10.1. The molecule has 0 bridgehead atoms. The predicted molar refractivity (Wildman–Crippen MR) is 103 cm³/mol. The fraction of sp³-hybridized carbons (Fsp3) is 0.579. The van der Waals surface area contributed by atoms with E-state index in [4.69, 9.17) is 9.47 Å². The Morgan fingerprint density at radius 3 is 2.65 bits per heavy atom. The van der Waals surface area contributed by atoms with Gasteiger partial charge in [0, 0.05) is 33.1 Å². The van der Waals surface area contributed by atoms with Crippen molar-refractivity contribution in [2.75, 3.05) is 33.3 Å². The average Bonchev–Trinajstić information content (AvgIpc) is 3.03. The minimum atomic E-state index is -0.487. The summed E-state index contributed by atoms with van der Waals surface area (Å²) in [6.45, 7) is 8.10. The molecule has 1 aromatic rings. The summed E-state index contributed by atoms with van der Waals surface area (Å²) in [7, 11) is 1.73. The zero-order chi connectivity index (χ0) is 19.0. The van der Waals surface area contributed by atoms with Crippen LogP contribution in [0.3, 0.4) is 0 Å². The quantitative estimate of drug-likeness (QED) is 0.409. The summed E-state index contributed by atoms with van der Waals surface area (Å²) in [5.41, 5.74) is 2.08. The van der Waals surface area contributed by atoms with E-state index in [2.05, 4.69) is 33.1 Å². The lowest BCUT2D eigenvalue weighted by molar-refractivity contribution is 0.0529. The molecule has 1 aromatic carbocycles. The van der Waals surface area contributed by atoms with Crippen LogP contribution >= 0.6 is 0 Å². The van der Waals surface area contributed by atoms with Gasteiger partial charge in [0.25, 0.3) is 0 Å². The van der Waals surface area contributed by atoms with Gasteiger partial charge in [-0.25, -0.2) is 4.79 Å². The van der Waals surface area contributed by atoms with Crippen molar-refractivity contribution < 1.29 is 14.3 Å². The Hall–Kier alpha value is -2.44. The van der Waals surface area contributed by atoms with E-state index in [1.54, 1.807) is 7.05 Å². The molecule has 1 amide bonds. The average molecular weight is 362 g/mol. The van der Waals surface area contributed by atoms with Crippen molar-refractivity contribution in [2.24, 2.45) is 4.99 Å². The van der Waals surface area contributed by atoms with Gasteiger partial charge in [0.1, 0.15) is 11.4 Å². The molecule has 0 atom stereocenters. The number of nitrogens with zero attached hydrogens (tertiary/aromatic N) is 1. The van der Waals surface area contributed by atoms with Crippen LogP contribution in [0.15, 0.2) is 23.2 Å². The summed E-state index contributed by atoms with van der Waals surface area (Å²) >= 11 is 0. The van der Waals surface area contributed by atoms with Crippen LogP contribution in [0.5, 0.6) is 5.75 Å². The Balaban J connectivity index is 1.63. The molecule has 1 aliphatic rings. The highest BCUT2D eigenvalue weighted by atomic mass is 16.6. The largest absolute Gasteiger partial charge is 0.493 e. The Morgan fingerprint density at radius 2 is 1.92 bits per heavy atom. The van der Waals surface area contributed by atoms with Crippen molar-refractivity contribution in [1.29, 1.82) is 0 Å². The molecule has 26 heavy (non-hydrogen) atoms. The molecule has 0 aliphatic carbocycles. The minimum Gasteiger partial charge on any atom is -0.493 e. The first-order chi connectivity index (χ1) is 12.4. The van der Waals surface area contributed by atoms with Gasteiger partial charge in [0.2, 0.25) is 0 Å². The third-order valence-corrected chi connectivity index (χ3v) is 3.77. The number of hydrogen-bond donors (Lipinski definition) is 3. The second-order valence-electron chi connectivity index (χ2n) is 7.14. The first kappa shape index (κ1) is 19.9. The Bertz CT molecular complexity index is 638. The van der Waals surface area contributed by atoms with Gasteiger partial charge in [-0.1, -0.05) is 12.1 Å². The Morgan fingerprint density at radius 1 is 1.19 bits per heavy atom. The van der Waals surface area contributed by atoms with Gasteiger partial charge in [-0.3, -0.25) is 4.99 Å². The van der Waals surface area contributed by atoms with Gasteiger partial charge in [-0.15, -0.1) is 0 Å². The fourth-order valence-corrected chi connectivity index (χ4v) is 2.60. The number of nitrogens with one attached hydrogen (secondary N) is 3. The minimum absolute atomic E-state index is 0.414. The topological polar surface area (TPSA) is 84.0 Å². The van der Waals surface area contributed by atoms with E-state index < -0.39 is 11.7 Å². The summed E-state index contributed by atoms with van der Waals surface area (Å²) in [6.07, 6.45) is 1.48. The highest BCUT2D eigenvalue weighted by Crippen LogP contribution is 2.25. The van der Waals surface area contributed by atoms with Crippen LogP contribution in [0.25, 0.3) is 0 Å². The number of benzene rings is 1. The number of fused-ring (bicyclic) bond motifs is 1. The second-order valence-corrected chi connectivity index (χ2v) is 7.14. The van der Waals surface area contributed by atoms with Gasteiger partial charge < -0.3 is 25.4 Å². The summed E-state index contributed by atoms with van der Waals surface area (Å²) in [6, 6.07) is 6.37. The van der Waals surface area contributed by atoms with E-state index in [0.717, 1.165) is 31.7 Å². The van der Waals surface area contributed by atoms with Gasteiger partial charge >= 0.3 is 6.09 Å². The Kier molecular flexibility index (Phi) is 7.12. The monoisotopic (exact) mass is 362 g/mol. The van der Waals surface area contributed by atoms with Crippen molar-refractivity contribution in [3.63, 3.8) is 0 Å². The normalized spacial score (nSPS) is 13.6. The molecular formula is C19H30N4O3. The number of aliphatic imine (C=N–C) groups is 1. The molecule has 3 N–H and O–H groups in total. The van der Waals surface area contributed by atoms with Gasteiger partial charge in [-0.05, 0) is 44.4 Å². The maximum atomic E-state index is 11.6. The molecule has 0 saturated carbocycles.